The summed E-state index contributed by atoms with van der Waals surface area (Å²) in [5.41, 5.74) is 6.34. The van der Waals surface area contributed by atoms with Gasteiger partial charge in [-0.25, -0.2) is 0 Å². The molecule has 0 N–H and O–H groups in total. The molecule has 0 saturated carbocycles. The Bertz CT molecular complexity index is 1320. The molecule has 4 heteroatoms. The summed E-state index contributed by atoms with van der Waals surface area (Å²) in [6.07, 6.45) is 0.906. The smallest absolute Gasteiger partial charge is 0.161 e. The fourth-order valence-electron chi connectivity index (χ4n) is 5.75. The summed E-state index contributed by atoms with van der Waals surface area (Å²) in [5, 5.41) is 0. The molecule has 5 rings (SSSR count). The van der Waals surface area contributed by atoms with Gasteiger partial charge in [-0.3, -0.25) is 0 Å². The predicted octanol–water partition coefficient (Wildman–Crippen LogP) is 6.98. The van der Waals surface area contributed by atoms with Gasteiger partial charge in [0.05, 0.1) is 28.4 Å². The second-order valence-corrected chi connectivity index (χ2v) is 9.16. The summed E-state index contributed by atoms with van der Waals surface area (Å²) in [5.74, 6) is 3.50. The van der Waals surface area contributed by atoms with Crippen molar-refractivity contribution in [2.75, 3.05) is 28.4 Å². The van der Waals surface area contributed by atoms with Gasteiger partial charge in [-0.05, 0) is 64.4 Å². The second kappa shape index (κ2) is 10.4. The molecule has 0 unspecified atom stereocenters. The molecule has 36 heavy (non-hydrogen) atoms. The van der Waals surface area contributed by atoms with E-state index >= 15 is 0 Å². The first-order valence-electron chi connectivity index (χ1n) is 12.2. The SMILES string of the molecule is COc1ccc([C@H]2c3cc(OC)c(OC)cc3C[C@@H](c3ccccc3)[C@@H]2c2ccccc2)cc1OC. The van der Waals surface area contributed by atoms with Gasteiger partial charge in [0.2, 0.25) is 0 Å². The first-order chi connectivity index (χ1) is 17.7. The van der Waals surface area contributed by atoms with Crippen molar-refractivity contribution in [3.8, 4) is 23.0 Å². The fraction of sp³-hybridized carbons (Fsp3) is 0.250. The van der Waals surface area contributed by atoms with Gasteiger partial charge in [0.25, 0.3) is 0 Å². The molecule has 184 valence electrons. The van der Waals surface area contributed by atoms with Gasteiger partial charge in [-0.15, -0.1) is 0 Å². The summed E-state index contributed by atoms with van der Waals surface area (Å²) in [4.78, 5) is 0. The van der Waals surface area contributed by atoms with Crippen molar-refractivity contribution in [2.45, 2.75) is 24.2 Å². The van der Waals surface area contributed by atoms with E-state index in [4.69, 9.17) is 18.9 Å². The molecule has 0 heterocycles. The second-order valence-electron chi connectivity index (χ2n) is 9.16. The molecule has 0 fully saturated rings. The number of fused-ring (bicyclic) bond motifs is 1. The van der Waals surface area contributed by atoms with Crippen molar-refractivity contribution in [1.29, 1.82) is 0 Å². The maximum Gasteiger partial charge on any atom is 0.161 e. The minimum Gasteiger partial charge on any atom is -0.493 e. The Morgan fingerprint density at radius 3 is 1.69 bits per heavy atom. The first kappa shape index (κ1) is 23.8. The monoisotopic (exact) mass is 480 g/mol. The zero-order valence-electron chi connectivity index (χ0n) is 21.2. The lowest BCUT2D eigenvalue weighted by molar-refractivity contribution is 0.350. The average Bonchev–Trinajstić information content (AvgIpc) is 2.95. The van der Waals surface area contributed by atoms with Crippen molar-refractivity contribution in [2.24, 2.45) is 0 Å². The highest BCUT2D eigenvalue weighted by Crippen LogP contribution is 2.55. The molecule has 0 spiro atoms. The lowest BCUT2D eigenvalue weighted by Gasteiger charge is -2.41. The van der Waals surface area contributed by atoms with E-state index in [0.29, 0.717) is 0 Å². The van der Waals surface area contributed by atoms with E-state index in [9.17, 15) is 0 Å². The van der Waals surface area contributed by atoms with Crippen LogP contribution in [0.5, 0.6) is 23.0 Å². The van der Waals surface area contributed by atoms with Crippen LogP contribution < -0.4 is 18.9 Å². The lowest BCUT2D eigenvalue weighted by Crippen LogP contribution is -2.28. The Balaban J connectivity index is 1.79. The van der Waals surface area contributed by atoms with Crippen molar-refractivity contribution >= 4 is 0 Å². The Kier molecular flexibility index (Phi) is 6.86. The summed E-state index contributed by atoms with van der Waals surface area (Å²) in [6, 6.07) is 32.3. The van der Waals surface area contributed by atoms with E-state index < -0.39 is 0 Å². The fourth-order valence-corrected chi connectivity index (χ4v) is 5.75. The average molecular weight is 481 g/mol. The van der Waals surface area contributed by atoms with Gasteiger partial charge in [0.15, 0.2) is 23.0 Å². The van der Waals surface area contributed by atoms with Crippen molar-refractivity contribution in [1.82, 2.24) is 0 Å². The Morgan fingerprint density at radius 1 is 0.528 bits per heavy atom. The quantitative estimate of drug-likeness (QED) is 0.286. The molecule has 0 bridgehead atoms. The molecule has 1 aliphatic carbocycles. The van der Waals surface area contributed by atoms with E-state index in [1.807, 2.05) is 6.07 Å². The lowest BCUT2D eigenvalue weighted by atomic mass is 9.62. The molecule has 4 nitrogen and oxygen atoms in total. The summed E-state index contributed by atoms with van der Waals surface area (Å²) >= 11 is 0. The number of hydrogen-bond donors (Lipinski definition) is 0. The molecule has 0 aromatic heterocycles. The zero-order valence-corrected chi connectivity index (χ0v) is 21.2. The number of methoxy groups -OCH3 is 4. The molecule has 1 aliphatic rings. The van der Waals surface area contributed by atoms with Crippen molar-refractivity contribution < 1.29 is 18.9 Å². The molecule has 3 atom stereocenters. The third-order valence-electron chi connectivity index (χ3n) is 7.39. The van der Waals surface area contributed by atoms with E-state index in [-0.39, 0.29) is 17.8 Å². The number of hydrogen-bond acceptors (Lipinski definition) is 4. The topological polar surface area (TPSA) is 36.9 Å². The van der Waals surface area contributed by atoms with Gasteiger partial charge in [0.1, 0.15) is 0 Å². The van der Waals surface area contributed by atoms with Crippen LogP contribution in [0.1, 0.15) is 45.6 Å². The van der Waals surface area contributed by atoms with E-state index in [1.165, 1.54) is 27.8 Å². The third-order valence-corrected chi connectivity index (χ3v) is 7.39. The summed E-state index contributed by atoms with van der Waals surface area (Å²) < 4.78 is 22.7. The maximum absolute atomic E-state index is 5.75. The van der Waals surface area contributed by atoms with Crippen LogP contribution in [-0.4, -0.2) is 28.4 Å². The van der Waals surface area contributed by atoms with Crippen LogP contribution in [0.15, 0.2) is 91.0 Å². The van der Waals surface area contributed by atoms with Crippen LogP contribution in [0.3, 0.4) is 0 Å². The Morgan fingerprint density at radius 2 is 1.08 bits per heavy atom. The molecule has 0 aliphatic heterocycles. The molecule has 0 amide bonds. The van der Waals surface area contributed by atoms with Crippen LogP contribution >= 0.6 is 0 Å². The van der Waals surface area contributed by atoms with Gasteiger partial charge < -0.3 is 18.9 Å². The predicted molar refractivity (Wildman–Crippen MR) is 143 cm³/mol. The van der Waals surface area contributed by atoms with Crippen molar-refractivity contribution in [3.05, 3.63) is 119 Å². The molecular weight excluding hydrogens is 448 g/mol. The zero-order chi connectivity index (χ0) is 25.1. The van der Waals surface area contributed by atoms with Crippen LogP contribution in [0.2, 0.25) is 0 Å². The molecular formula is C32H32O4. The minimum atomic E-state index is 0.0703. The largest absolute Gasteiger partial charge is 0.493 e. The van der Waals surface area contributed by atoms with Gasteiger partial charge >= 0.3 is 0 Å². The van der Waals surface area contributed by atoms with Crippen LogP contribution in [0.25, 0.3) is 0 Å². The maximum atomic E-state index is 5.75. The van der Waals surface area contributed by atoms with Crippen LogP contribution in [0, 0.1) is 0 Å². The molecule has 4 aromatic carbocycles. The first-order valence-corrected chi connectivity index (χ1v) is 12.2. The number of ether oxygens (including phenoxy) is 4. The summed E-state index contributed by atoms with van der Waals surface area (Å²) in [6.45, 7) is 0. The molecule has 4 aromatic rings. The highest BCUT2D eigenvalue weighted by atomic mass is 16.5. The van der Waals surface area contributed by atoms with E-state index in [1.54, 1.807) is 28.4 Å². The Labute approximate surface area is 213 Å². The van der Waals surface area contributed by atoms with Gasteiger partial charge in [-0.1, -0.05) is 66.7 Å². The Hall–Kier alpha value is -3.92. The minimum absolute atomic E-state index is 0.0703. The van der Waals surface area contributed by atoms with Crippen molar-refractivity contribution in [3.63, 3.8) is 0 Å². The highest BCUT2D eigenvalue weighted by molar-refractivity contribution is 5.57. The number of rotatable bonds is 7. The summed E-state index contributed by atoms with van der Waals surface area (Å²) in [7, 11) is 6.74. The van der Waals surface area contributed by atoms with E-state index in [2.05, 4.69) is 84.9 Å². The van der Waals surface area contributed by atoms with Crippen LogP contribution in [-0.2, 0) is 6.42 Å². The van der Waals surface area contributed by atoms with Gasteiger partial charge in [0, 0.05) is 11.8 Å². The number of benzene rings is 4. The highest BCUT2D eigenvalue weighted by Gasteiger charge is 2.40. The third kappa shape index (κ3) is 4.28. The van der Waals surface area contributed by atoms with Crippen LogP contribution in [0.4, 0.5) is 0 Å². The molecule has 0 saturated heterocycles. The standard InChI is InChI=1S/C32H32O4/c1-33-27-16-15-23(18-28(27)34-2)32-26-20-30(36-4)29(35-3)19-24(26)17-25(21-11-7-5-8-12-21)31(32)22-13-9-6-10-14-22/h5-16,18-20,25,31-32H,17H2,1-4H3/t25-,31-,32-/m0/s1. The normalized spacial score (nSPS) is 18.7. The van der Waals surface area contributed by atoms with Gasteiger partial charge in [-0.2, -0.15) is 0 Å². The molecule has 0 radical (unpaired) electrons. The van der Waals surface area contributed by atoms with E-state index in [0.717, 1.165) is 29.4 Å².